The van der Waals surface area contributed by atoms with Crippen molar-refractivity contribution in [3.05, 3.63) is 28.0 Å². The average molecular weight is 274 g/mol. The van der Waals surface area contributed by atoms with E-state index in [1.54, 1.807) is 0 Å². The third kappa shape index (κ3) is 2.69. The van der Waals surface area contributed by atoms with E-state index < -0.39 is 0 Å². The molecule has 0 bridgehead atoms. The van der Waals surface area contributed by atoms with E-state index in [9.17, 15) is 4.39 Å². The fraction of sp³-hybridized carbons (Fsp3) is 0.455. The van der Waals surface area contributed by atoms with Crippen LogP contribution in [0.2, 0.25) is 0 Å². The predicted molar refractivity (Wildman–Crippen MR) is 60.5 cm³/mol. The van der Waals surface area contributed by atoms with Crippen LogP contribution < -0.4 is 10.1 Å². The highest BCUT2D eigenvalue weighted by atomic mass is 79.9. The monoisotopic (exact) mass is 273 g/mol. The molecule has 1 aliphatic rings. The summed E-state index contributed by atoms with van der Waals surface area (Å²) in [6.07, 6.45) is 2.52. The minimum Gasteiger partial charge on any atom is -0.489 e. The summed E-state index contributed by atoms with van der Waals surface area (Å²) in [5.74, 6) is 0.531. The molecule has 2 nitrogen and oxygen atoms in total. The number of rotatable bonds is 4. The van der Waals surface area contributed by atoms with Gasteiger partial charge in [0.2, 0.25) is 0 Å². The lowest BCUT2D eigenvalue weighted by Gasteiger charge is -2.12. The summed E-state index contributed by atoms with van der Waals surface area (Å²) in [6, 6.07) is 2.95. The molecule has 0 spiro atoms. The van der Waals surface area contributed by atoms with Crippen molar-refractivity contribution in [2.75, 3.05) is 7.05 Å². The fourth-order valence-electron chi connectivity index (χ4n) is 1.42. The Balaban J connectivity index is 2.29. The normalized spacial score (nSPS) is 15.4. The molecule has 0 amide bonds. The molecule has 2 rings (SSSR count). The molecule has 0 atom stereocenters. The Morgan fingerprint density at radius 3 is 2.87 bits per heavy atom. The van der Waals surface area contributed by atoms with Gasteiger partial charge in [-0.15, -0.1) is 0 Å². The van der Waals surface area contributed by atoms with Crippen LogP contribution in [0.5, 0.6) is 5.75 Å². The van der Waals surface area contributed by atoms with E-state index in [0.29, 0.717) is 17.1 Å². The molecule has 1 saturated carbocycles. The van der Waals surface area contributed by atoms with Crippen molar-refractivity contribution in [3.8, 4) is 5.75 Å². The number of hydrogen-bond acceptors (Lipinski definition) is 2. The van der Waals surface area contributed by atoms with Gasteiger partial charge in [-0.25, -0.2) is 4.39 Å². The molecular weight excluding hydrogens is 261 g/mol. The van der Waals surface area contributed by atoms with E-state index >= 15 is 0 Å². The van der Waals surface area contributed by atoms with Crippen molar-refractivity contribution in [3.63, 3.8) is 0 Å². The third-order valence-electron chi connectivity index (χ3n) is 2.26. The van der Waals surface area contributed by atoms with Gasteiger partial charge in [-0.1, -0.05) is 0 Å². The molecule has 1 aromatic rings. The van der Waals surface area contributed by atoms with E-state index in [4.69, 9.17) is 4.74 Å². The Morgan fingerprint density at radius 2 is 2.27 bits per heavy atom. The molecular formula is C11H13BrFNO. The molecule has 1 fully saturated rings. The lowest BCUT2D eigenvalue weighted by Crippen LogP contribution is -2.09. The van der Waals surface area contributed by atoms with Crippen LogP contribution in [0.1, 0.15) is 18.4 Å². The average Bonchev–Trinajstić information content (AvgIpc) is 2.95. The summed E-state index contributed by atoms with van der Waals surface area (Å²) in [7, 11) is 1.83. The maximum absolute atomic E-state index is 13.2. The topological polar surface area (TPSA) is 21.3 Å². The summed E-state index contributed by atoms with van der Waals surface area (Å²) in [6.45, 7) is 0.610. The van der Waals surface area contributed by atoms with Gasteiger partial charge in [0.15, 0.2) is 0 Å². The lowest BCUT2D eigenvalue weighted by atomic mass is 10.2. The largest absolute Gasteiger partial charge is 0.489 e. The highest BCUT2D eigenvalue weighted by molar-refractivity contribution is 9.10. The van der Waals surface area contributed by atoms with Gasteiger partial charge in [0.05, 0.1) is 10.6 Å². The Labute approximate surface area is 96.9 Å². The number of halogens is 2. The third-order valence-corrected chi connectivity index (χ3v) is 2.85. The van der Waals surface area contributed by atoms with E-state index in [0.717, 1.165) is 24.2 Å². The predicted octanol–water partition coefficient (Wildman–Crippen LogP) is 2.85. The molecule has 0 aromatic heterocycles. The first-order chi connectivity index (χ1) is 7.20. The van der Waals surface area contributed by atoms with Crippen LogP contribution in [0.3, 0.4) is 0 Å². The molecule has 1 aliphatic carbocycles. The first-order valence-corrected chi connectivity index (χ1v) is 5.79. The number of nitrogens with one attached hydrogen (secondary N) is 1. The molecule has 82 valence electrons. The maximum atomic E-state index is 13.2. The Bertz CT molecular complexity index is 366. The molecule has 1 aromatic carbocycles. The van der Waals surface area contributed by atoms with Crippen molar-refractivity contribution >= 4 is 15.9 Å². The van der Waals surface area contributed by atoms with E-state index in [-0.39, 0.29) is 5.82 Å². The zero-order valence-electron chi connectivity index (χ0n) is 8.52. The van der Waals surface area contributed by atoms with Gasteiger partial charge in [0, 0.05) is 12.1 Å². The number of benzene rings is 1. The maximum Gasteiger partial charge on any atom is 0.138 e. The van der Waals surface area contributed by atoms with Crippen molar-refractivity contribution in [2.24, 2.45) is 0 Å². The SMILES string of the molecule is CNCc1cc(F)cc(Br)c1OC1CC1. The summed E-state index contributed by atoms with van der Waals surface area (Å²) >= 11 is 3.33. The number of ether oxygens (including phenoxy) is 1. The van der Waals surface area contributed by atoms with E-state index in [2.05, 4.69) is 21.2 Å². The van der Waals surface area contributed by atoms with Crippen LogP contribution in [0, 0.1) is 5.82 Å². The van der Waals surface area contributed by atoms with Gasteiger partial charge in [0.25, 0.3) is 0 Å². The zero-order chi connectivity index (χ0) is 10.8. The molecule has 15 heavy (non-hydrogen) atoms. The first kappa shape index (κ1) is 10.9. The second-order valence-corrected chi connectivity index (χ2v) is 4.58. The second-order valence-electron chi connectivity index (χ2n) is 3.72. The molecule has 0 heterocycles. The van der Waals surface area contributed by atoms with Gasteiger partial charge in [-0.3, -0.25) is 0 Å². The zero-order valence-corrected chi connectivity index (χ0v) is 10.1. The molecule has 1 N–H and O–H groups in total. The fourth-order valence-corrected chi connectivity index (χ4v) is 1.99. The standard InChI is InChI=1S/C11H13BrFNO/c1-14-6-7-4-8(13)5-10(12)11(7)15-9-2-3-9/h4-5,9,14H,2-3,6H2,1H3. The summed E-state index contributed by atoms with van der Waals surface area (Å²) in [5.41, 5.74) is 0.858. The highest BCUT2D eigenvalue weighted by Gasteiger charge is 2.25. The first-order valence-electron chi connectivity index (χ1n) is 5.00. The quantitative estimate of drug-likeness (QED) is 0.911. The van der Waals surface area contributed by atoms with Crippen LogP contribution >= 0.6 is 15.9 Å². The second kappa shape index (κ2) is 4.49. The van der Waals surface area contributed by atoms with Crippen LogP contribution in [0.4, 0.5) is 4.39 Å². The summed E-state index contributed by atoms with van der Waals surface area (Å²) in [5, 5.41) is 3.00. The molecule has 0 radical (unpaired) electrons. The highest BCUT2D eigenvalue weighted by Crippen LogP contribution is 2.35. The van der Waals surface area contributed by atoms with Crippen LogP contribution in [0.25, 0.3) is 0 Å². The molecule has 4 heteroatoms. The van der Waals surface area contributed by atoms with Gasteiger partial charge >= 0.3 is 0 Å². The van der Waals surface area contributed by atoms with Gasteiger partial charge in [0.1, 0.15) is 11.6 Å². The van der Waals surface area contributed by atoms with Crippen molar-refractivity contribution < 1.29 is 9.13 Å². The van der Waals surface area contributed by atoms with E-state index in [1.807, 2.05) is 7.05 Å². The Morgan fingerprint density at radius 1 is 1.53 bits per heavy atom. The van der Waals surface area contributed by atoms with Gasteiger partial charge < -0.3 is 10.1 Å². The minimum atomic E-state index is -0.240. The van der Waals surface area contributed by atoms with Crippen molar-refractivity contribution in [1.29, 1.82) is 0 Å². The Hall–Kier alpha value is -0.610. The molecule has 0 unspecified atom stereocenters. The summed E-state index contributed by atoms with van der Waals surface area (Å²) in [4.78, 5) is 0. The van der Waals surface area contributed by atoms with Gasteiger partial charge in [-0.05, 0) is 48.0 Å². The van der Waals surface area contributed by atoms with Crippen molar-refractivity contribution in [1.82, 2.24) is 5.32 Å². The van der Waals surface area contributed by atoms with Crippen LogP contribution in [0.15, 0.2) is 16.6 Å². The minimum absolute atomic E-state index is 0.240. The smallest absolute Gasteiger partial charge is 0.138 e. The van der Waals surface area contributed by atoms with Crippen LogP contribution in [-0.4, -0.2) is 13.2 Å². The van der Waals surface area contributed by atoms with Gasteiger partial charge in [-0.2, -0.15) is 0 Å². The number of hydrogen-bond donors (Lipinski definition) is 1. The molecule has 0 aliphatic heterocycles. The van der Waals surface area contributed by atoms with E-state index in [1.165, 1.54) is 12.1 Å². The molecule has 0 saturated heterocycles. The van der Waals surface area contributed by atoms with Crippen LogP contribution in [-0.2, 0) is 6.54 Å². The lowest BCUT2D eigenvalue weighted by molar-refractivity contribution is 0.297. The van der Waals surface area contributed by atoms with Crippen molar-refractivity contribution in [2.45, 2.75) is 25.5 Å². The Kier molecular flexibility index (Phi) is 3.26. The summed E-state index contributed by atoms with van der Waals surface area (Å²) < 4.78 is 19.6.